The van der Waals surface area contributed by atoms with Gasteiger partial charge in [0, 0.05) is 13.1 Å². The highest BCUT2D eigenvalue weighted by Crippen LogP contribution is 2.43. The second kappa shape index (κ2) is 9.40. The van der Waals surface area contributed by atoms with Gasteiger partial charge in [0.1, 0.15) is 0 Å². The molecule has 1 fully saturated rings. The van der Waals surface area contributed by atoms with Crippen LogP contribution in [0.3, 0.4) is 0 Å². The molecular formula is C25H43N. The molecule has 0 radical (unpaired) electrons. The molecule has 0 saturated heterocycles. The molecule has 1 aliphatic rings. The van der Waals surface area contributed by atoms with Gasteiger partial charge in [-0.25, -0.2) is 0 Å². The molecule has 0 aromatic heterocycles. The van der Waals surface area contributed by atoms with Gasteiger partial charge < -0.3 is 0 Å². The average Bonchev–Trinajstić information content (AvgIpc) is 2.56. The zero-order valence-electron chi connectivity index (χ0n) is 18.4. The van der Waals surface area contributed by atoms with Crippen molar-refractivity contribution in [3.63, 3.8) is 0 Å². The van der Waals surface area contributed by atoms with E-state index in [2.05, 4.69) is 76.8 Å². The molecule has 1 heteroatoms. The lowest BCUT2D eigenvalue weighted by molar-refractivity contribution is 0.0853. The quantitative estimate of drug-likeness (QED) is 0.500. The SMILES string of the molecule is CC(C)CCN(Cc1ccccc1)CC1(C)CCC(C)CC(C)(C)CC1. The zero-order valence-corrected chi connectivity index (χ0v) is 18.4. The van der Waals surface area contributed by atoms with Gasteiger partial charge in [0.2, 0.25) is 0 Å². The summed E-state index contributed by atoms with van der Waals surface area (Å²) in [5.41, 5.74) is 2.42. The van der Waals surface area contributed by atoms with Gasteiger partial charge in [0.15, 0.2) is 0 Å². The van der Waals surface area contributed by atoms with Crippen molar-refractivity contribution in [1.29, 1.82) is 0 Å². The molecule has 0 bridgehead atoms. The topological polar surface area (TPSA) is 3.24 Å². The van der Waals surface area contributed by atoms with E-state index in [4.69, 9.17) is 0 Å². The van der Waals surface area contributed by atoms with Gasteiger partial charge in [-0.15, -0.1) is 0 Å². The van der Waals surface area contributed by atoms with Crippen molar-refractivity contribution >= 4 is 0 Å². The number of rotatable bonds is 7. The van der Waals surface area contributed by atoms with E-state index in [0.29, 0.717) is 10.8 Å². The van der Waals surface area contributed by atoms with Crippen molar-refractivity contribution in [3.05, 3.63) is 35.9 Å². The summed E-state index contributed by atoms with van der Waals surface area (Å²) >= 11 is 0. The molecular weight excluding hydrogens is 314 g/mol. The summed E-state index contributed by atoms with van der Waals surface area (Å²) in [7, 11) is 0. The van der Waals surface area contributed by atoms with E-state index in [1.807, 2.05) is 0 Å². The van der Waals surface area contributed by atoms with Gasteiger partial charge >= 0.3 is 0 Å². The van der Waals surface area contributed by atoms with Crippen LogP contribution in [0.5, 0.6) is 0 Å². The number of hydrogen-bond donors (Lipinski definition) is 0. The zero-order chi connectivity index (χ0) is 19.2. The van der Waals surface area contributed by atoms with Crippen LogP contribution in [0.2, 0.25) is 0 Å². The summed E-state index contributed by atoms with van der Waals surface area (Å²) in [6, 6.07) is 11.1. The standard InChI is InChI=1S/C25H43N/c1-21(2)13-17-26(19-23-10-8-7-9-11-23)20-25(6)14-12-22(3)18-24(4,5)15-16-25/h7-11,21-22H,12-20H2,1-6H3. The maximum Gasteiger partial charge on any atom is 0.0233 e. The third kappa shape index (κ3) is 7.43. The van der Waals surface area contributed by atoms with Crippen LogP contribution >= 0.6 is 0 Å². The fraction of sp³-hybridized carbons (Fsp3) is 0.760. The minimum Gasteiger partial charge on any atom is -0.299 e. The van der Waals surface area contributed by atoms with Gasteiger partial charge in [-0.1, -0.05) is 78.3 Å². The molecule has 0 aliphatic heterocycles. The highest BCUT2D eigenvalue weighted by molar-refractivity contribution is 5.14. The molecule has 2 unspecified atom stereocenters. The van der Waals surface area contributed by atoms with Crippen LogP contribution in [0, 0.1) is 22.7 Å². The first-order valence-electron chi connectivity index (χ1n) is 10.9. The Hall–Kier alpha value is -0.820. The highest BCUT2D eigenvalue weighted by Gasteiger charge is 2.33. The Morgan fingerprint density at radius 1 is 1.04 bits per heavy atom. The molecule has 2 rings (SSSR count). The summed E-state index contributed by atoms with van der Waals surface area (Å²) in [6.45, 7) is 18.3. The normalized spacial score (nSPS) is 26.7. The lowest BCUT2D eigenvalue weighted by Crippen LogP contribution is -2.39. The molecule has 26 heavy (non-hydrogen) atoms. The highest BCUT2D eigenvalue weighted by atomic mass is 15.1. The van der Waals surface area contributed by atoms with Crippen molar-refractivity contribution < 1.29 is 0 Å². The fourth-order valence-electron chi connectivity index (χ4n) is 4.70. The van der Waals surface area contributed by atoms with Crippen LogP contribution in [0.15, 0.2) is 30.3 Å². The fourth-order valence-corrected chi connectivity index (χ4v) is 4.70. The van der Waals surface area contributed by atoms with Crippen LogP contribution in [0.25, 0.3) is 0 Å². The lowest BCUT2D eigenvalue weighted by Gasteiger charge is -2.42. The Labute approximate surface area is 163 Å². The summed E-state index contributed by atoms with van der Waals surface area (Å²) in [4.78, 5) is 2.74. The Morgan fingerprint density at radius 3 is 2.38 bits per heavy atom. The molecule has 0 amide bonds. The molecule has 2 atom stereocenters. The summed E-state index contributed by atoms with van der Waals surface area (Å²) in [5, 5.41) is 0. The second-order valence-corrected chi connectivity index (χ2v) is 10.7. The maximum absolute atomic E-state index is 2.74. The van der Waals surface area contributed by atoms with Crippen molar-refractivity contribution in [1.82, 2.24) is 4.90 Å². The van der Waals surface area contributed by atoms with E-state index in [0.717, 1.165) is 18.4 Å². The third-order valence-electron chi connectivity index (χ3n) is 6.42. The molecule has 0 heterocycles. The van der Waals surface area contributed by atoms with Gasteiger partial charge in [-0.05, 0) is 66.9 Å². The first-order chi connectivity index (χ1) is 12.2. The van der Waals surface area contributed by atoms with Crippen molar-refractivity contribution in [2.24, 2.45) is 22.7 Å². The predicted molar refractivity (Wildman–Crippen MR) is 115 cm³/mol. The summed E-state index contributed by atoms with van der Waals surface area (Å²) < 4.78 is 0. The van der Waals surface area contributed by atoms with E-state index < -0.39 is 0 Å². The second-order valence-electron chi connectivity index (χ2n) is 10.7. The smallest absolute Gasteiger partial charge is 0.0233 e. The van der Waals surface area contributed by atoms with Crippen molar-refractivity contribution in [2.75, 3.05) is 13.1 Å². The average molecular weight is 358 g/mol. The van der Waals surface area contributed by atoms with Crippen LogP contribution < -0.4 is 0 Å². The first kappa shape index (κ1) is 21.5. The Kier molecular flexibility index (Phi) is 7.76. The van der Waals surface area contributed by atoms with E-state index in [-0.39, 0.29) is 0 Å². The van der Waals surface area contributed by atoms with E-state index in [1.165, 1.54) is 57.2 Å². The molecule has 0 spiro atoms. The van der Waals surface area contributed by atoms with Gasteiger partial charge in [0.05, 0.1) is 0 Å². The van der Waals surface area contributed by atoms with Gasteiger partial charge in [-0.2, -0.15) is 0 Å². The monoisotopic (exact) mass is 357 g/mol. The minimum atomic E-state index is 0.456. The van der Waals surface area contributed by atoms with Crippen molar-refractivity contribution in [3.8, 4) is 0 Å². The van der Waals surface area contributed by atoms with Crippen LogP contribution in [0.1, 0.15) is 85.6 Å². The number of hydrogen-bond acceptors (Lipinski definition) is 1. The Morgan fingerprint density at radius 2 is 1.73 bits per heavy atom. The molecule has 1 aromatic rings. The number of benzene rings is 1. The molecule has 1 aromatic carbocycles. The molecule has 0 N–H and O–H groups in total. The van der Waals surface area contributed by atoms with E-state index in [9.17, 15) is 0 Å². The molecule has 1 aliphatic carbocycles. The maximum atomic E-state index is 2.74. The third-order valence-corrected chi connectivity index (χ3v) is 6.42. The van der Waals surface area contributed by atoms with E-state index >= 15 is 0 Å². The van der Waals surface area contributed by atoms with Gasteiger partial charge in [0.25, 0.3) is 0 Å². The largest absolute Gasteiger partial charge is 0.299 e. The van der Waals surface area contributed by atoms with Gasteiger partial charge in [-0.3, -0.25) is 4.90 Å². The lowest BCUT2D eigenvalue weighted by atomic mass is 9.68. The number of nitrogens with zero attached hydrogens (tertiary/aromatic N) is 1. The van der Waals surface area contributed by atoms with Crippen LogP contribution in [-0.2, 0) is 6.54 Å². The molecule has 1 saturated carbocycles. The molecule has 1 nitrogen and oxygen atoms in total. The van der Waals surface area contributed by atoms with Crippen LogP contribution in [0.4, 0.5) is 0 Å². The van der Waals surface area contributed by atoms with E-state index in [1.54, 1.807) is 0 Å². The summed E-state index contributed by atoms with van der Waals surface area (Å²) in [5.74, 6) is 1.64. The predicted octanol–water partition coefficient (Wildman–Crippen LogP) is 7.17. The van der Waals surface area contributed by atoms with Crippen molar-refractivity contribution in [2.45, 2.75) is 86.6 Å². The first-order valence-corrected chi connectivity index (χ1v) is 10.9. The Balaban J connectivity index is 2.08. The van der Waals surface area contributed by atoms with Crippen LogP contribution in [-0.4, -0.2) is 18.0 Å². The molecule has 148 valence electrons. The summed E-state index contributed by atoms with van der Waals surface area (Å²) in [6.07, 6.45) is 8.21. The Bertz CT molecular complexity index is 518. The minimum absolute atomic E-state index is 0.456.